The predicted molar refractivity (Wildman–Crippen MR) is 83.9 cm³/mol. The van der Waals surface area contributed by atoms with Crippen molar-refractivity contribution in [2.24, 2.45) is 0 Å². The molecule has 2 rings (SSSR count). The van der Waals surface area contributed by atoms with Gasteiger partial charge in [0, 0.05) is 15.3 Å². The first kappa shape index (κ1) is 14.9. The Kier molecular flexibility index (Phi) is 4.00. The highest BCUT2D eigenvalue weighted by molar-refractivity contribution is 8.34. The molecular weight excluding hydrogens is 302 g/mol. The topological polar surface area (TPSA) is 23.1 Å². The van der Waals surface area contributed by atoms with Gasteiger partial charge >= 0.3 is 0 Å². The summed E-state index contributed by atoms with van der Waals surface area (Å²) in [6.45, 7) is 8.01. The maximum absolute atomic E-state index is 12.3. The molecule has 0 unspecified atom stereocenters. The third-order valence-corrected chi connectivity index (χ3v) is 6.87. The van der Waals surface area contributed by atoms with Gasteiger partial charge in [-0.3, -0.25) is 0 Å². The molecule has 0 N–H and O–H groups in total. The van der Waals surface area contributed by atoms with Crippen molar-refractivity contribution in [3.05, 3.63) is 18.3 Å². The molecule has 0 spiro atoms. The molecule has 0 aromatic carbocycles. The highest BCUT2D eigenvalue weighted by Crippen LogP contribution is 2.53. The van der Waals surface area contributed by atoms with E-state index in [9.17, 15) is 5.21 Å². The molecule has 0 amide bonds. The maximum atomic E-state index is 12.3. The Balaban J connectivity index is 2.30. The average Bonchev–Trinajstić information content (AvgIpc) is 2.55. The van der Waals surface area contributed by atoms with Gasteiger partial charge in [0.05, 0.1) is 0 Å². The van der Waals surface area contributed by atoms with Crippen LogP contribution in [0.2, 0.25) is 0 Å². The largest absolute Gasteiger partial charge is 0.774 e. The van der Waals surface area contributed by atoms with Crippen LogP contribution >= 0.6 is 23.5 Å². The van der Waals surface area contributed by atoms with Crippen LogP contribution in [0, 0.1) is 0 Å². The fraction of sp³-hybridized carbons (Fsp3) is 0.667. The molecule has 0 atom stereocenters. The normalized spacial score (nSPS) is 28.1. The molecule has 0 aromatic rings. The molecule has 2 nitrogen and oxygen atoms in total. The lowest BCUT2D eigenvalue weighted by molar-refractivity contribution is -0.279. The van der Waals surface area contributed by atoms with Gasteiger partial charge in [0.1, 0.15) is 0 Å². The predicted octanol–water partition coefficient (Wildman–Crippen LogP) is 3.90. The highest BCUT2D eigenvalue weighted by atomic mass is 32.2. The maximum Gasteiger partial charge on any atom is 0.0481 e. The molecule has 0 aromatic heterocycles. The van der Waals surface area contributed by atoms with Crippen LogP contribution in [0.25, 0.3) is 0 Å². The molecule has 0 bridgehead atoms. The van der Waals surface area contributed by atoms with Crippen LogP contribution in [0.4, 0.5) is 0 Å². The van der Waals surface area contributed by atoms with E-state index in [1.807, 2.05) is 27.7 Å². The number of nitrogens with zero attached hydrogens (tertiary/aromatic N) is 1. The third kappa shape index (κ3) is 2.69. The number of piperidine rings is 1. The van der Waals surface area contributed by atoms with E-state index in [0.29, 0.717) is 0 Å². The summed E-state index contributed by atoms with van der Waals surface area (Å²) < 4.78 is 2.81. The van der Waals surface area contributed by atoms with Gasteiger partial charge in [0.15, 0.2) is 0 Å². The van der Waals surface area contributed by atoms with E-state index >= 15 is 0 Å². The van der Waals surface area contributed by atoms with E-state index in [1.165, 1.54) is 14.9 Å². The van der Waals surface area contributed by atoms with Crippen molar-refractivity contribution in [1.29, 1.82) is 0 Å². The Labute approximate surface area is 128 Å². The first-order valence-electron chi connectivity index (χ1n) is 5.77. The first-order chi connectivity index (χ1) is 8.13. The minimum Gasteiger partial charge on any atom is -0.774 e. The zero-order valence-electron chi connectivity index (χ0n) is 10.9. The van der Waals surface area contributed by atoms with Crippen LogP contribution in [0.5, 0.6) is 0 Å². The van der Waals surface area contributed by atoms with Crippen molar-refractivity contribution < 1.29 is 5.21 Å². The fourth-order valence-electron chi connectivity index (χ4n) is 2.63. The van der Waals surface area contributed by atoms with Gasteiger partial charge in [-0.25, -0.2) is 0 Å². The zero-order valence-corrected chi connectivity index (χ0v) is 14.2. The first-order valence-corrected chi connectivity index (χ1v) is 8.22. The molecular formula is C12H16NOS4-2. The van der Waals surface area contributed by atoms with Crippen molar-refractivity contribution in [1.82, 2.24) is 5.06 Å². The van der Waals surface area contributed by atoms with Gasteiger partial charge in [-0.15, -0.1) is 42.3 Å². The molecule has 1 fully saturated rings. The number of hydrogen-bond donors (Lipinski definition) is 0. The number of rotatable bonds is 0. The number of hydroxylamine groups is 2. The van der Waals surface area contributed by atoms with E-state index < -0.39 is 0 Å². The lowest BCUT2D eigenvalue weighted by Gasteiger charge is -2.48. The second-order valence-electron chi connectivity index (χ2n) is 5.94. The molecule has 18 heavy (non-hydrogen) atoms. The van der Waals surface area contributed by atoms with E-state index in [0.717, 1.165) is 21.3 Å². The summed E-state index contributed by atoms with van der Waals surface area (Å²) >= 11 is 13.6. The van der Waals surface area contributed by atoms with E-state index in [4.69, 9.17) is 25.3 Å². The van der Waals surface area contributed by atoms with Gasteiger partial charge < -0.3 is 25.3 Å². The molecule has 0 aliphatic carbocycles. The van der Waals surface area contributed by atoms with Crippen molar-refractivity contribution in [3.63, 3.8) is 0 Å². The van der Waals surface area contributed by atoms with Gasteiger partial charge in [-0.05, 0) is 46.1 Å². The van der Waals surface area contributed by atoms with Crippen LogP contribution in [-0.2, 0) is 30.5 Å². The summed E-state index contributed by atoms with van der Waals surface area (Å²) in [6.07, 6.45) is 1.58. The minimum absolute atomic E-state index is 0.364. The van der Waals surface area contributed by atoms with Gasteiger partial charge in [-0.2, -0.15) is 0 Å². The Morgan fingerprint density at radius 2 is 1.39 bits per heavy atom. The van der Waals surface area contributed by atoms with Gasteiger partial charge in [0.2, 0.25) is 0 Å². The quantitative estimate of drug-likeness (QED) is 0.630. The summed E-state index contributed by atoms with van der Waals surface area (Å²) in [7, 11) is 0. The Bertz CT molecular complexity index is 403. The van der Waals surface area contributed by atoms with Crippen LogP contribution < -0.4 is 0 Å². The molecule has 2 aliphatic heterocycles. The summed E-state index contributed by atoms with van der Waals surface area (Å²) in [5, 5.41) is 13.5. The third-order valence-electron chi connectivity index (χ3n) is 3.22. The highest BCUT2D eigenvalue weighted by Gasteiger charge is 2.44. The molecule has 2 aliphatic rings. The van der Waals surface area contributed by atoms with E-state index in [1.54, 1.807) is 23.5 Å². The summed E-state index contributed by atoms with van der Waals surface area (Å²) in [6, 6.07) is 0. The second-order valence-corrected chi connectivity index (χ2v) is 9.58. The van der Waals surface area contributed by atoms with Gasteiger partial charge in [0.25, 0.3) is 0 Å². The van der Waals surface area contributed by atoms with Crippen LogP contribution in [-0.4, -0.2) is 16.1 Å². The standard InChI is InChI=1S/C12H18NOS4/c1-11(2)5-7(6-12(3,4)13(11)14)10-17-8(15)9(16)18-10/h15-16H,5-6H2,1-4H3/p-2. The van der Waals surface area contributed by atoms with Crippen molar-refractivity contribution in [2.45, 2.75) is 51.6 Å². The smallest absolute Gasteiger partial charge is 0.0481 e. The van der Waals surface area contributed by atoms with Crippen molar-refractivity contribution in [3.8, 4) is 0 Å². The van der Waals surface area contributed by atoms with E-state index in [-0.39, 0.29) is 11.1 Å². The Morgan fingerprint density at radius 1 is 1.00 bits per heavy atom. The second kappa shape index (κ2) is 4.82. The Hall–Kier alpha value is 0.540. The number of thioether (sulfide) groups is 2. The Morgan fingerprint density at radius 3 is 1.78 bits per heavy atom. The molecule has 2 heterocycles. The molecule has 6 heteroatoms. The summed E-state index contributed by atoms with van der Waals surface area (Å²) in [4.78, 5) is 0. The SMILES string of the molecule is CC1(C)CC(=C2SC([S-])=C([S-])S2)CC(C)(C)N1[O]. The van der Waals surface area contributed by atoms with Crippen LogP contribution in [0.3, 0.4) is 0 Å². The van der Waals surface area contributed by atoms with Crippen molar-refractivity contribution >= 4 is 48.8 Å². The fourth-order valence-corrected chi connectivity index (χ4v) is 5.70. The molecule has 101 valence electrons. The summed E-state index contributed by atoms with van der Waals surface area (Å²) in [5.41, 5.74) is 0.600. The van der Waals surface area contributed by atoms with Crippen molar-refractivity contribution in [2.75, 3.05) is 0 Å². The van der Waals surface area contributed by atoms with Crippen LogP contribution in [0.15, 0.2) is 18.3 Å². The lowest BCUT2D eigenvalue weighted by atomic mass is 9.79. The lowest BCUT2D eigenvalue weighted by Crippen LogP contribution is -2.56. The summed E-state index contributed by atoms with van der Waals surface area (Å²) in [5.74, 6) is 0. The molecule has 1 radical (unpaired) electrons. The molecule has 1 saturated heterocycles. The number of hydrogen-bond acceptors (Lipinski definition) is 5. The minimum atomic E-state index is -0.364. The molecule has 0 saturated carbocycles. The van der Waals surface area contributed by atoms with Crippen LogP contribution in [0.1, 0.15) is 40.5 Å². The van der Waals surface area contributed by atoms with Gasteiger partial charge in [-0.1, -0.05) is 0 Å². The van der Waals surface area contributed by atoms with E-state index in [2.05, 4.69) is 0 Å². The average molecular weight is 319 g/mol. The zero-order chi connectivity index (χ0) is 13.7. The monoisotopic (exact) mass is 318 g/mol.